The van der Waals surface area contributed by atoms with Crippen molar-refractivity contribution in [3.8, 4) is 5.75 Å². The largest absolute Gasteiger partial charge is 0.495 e. The highest BCUT2D eigenvalue weighted by Crippen LogP contribution is 2.32. The van der Waals surface area contributed by atoms with Crippen LogP contribution in [0.5, 0.6) is 5.75 Å². The molecule has 1 aliphatic rings. The van der Waals surface area contributed by atoms with Crippen molar-refractivity contribution in [3.05, 3.63) is 53.1 Å². The van der Waals surface area contributed by atoms with Gasteiger partial charge in [0, 0.05) is 23.8 Å². The minimum atomic E-state index is -3.83. The Balaban J connectivity index is 1.80. The third-order valence-corrected chi connectivity index (χ3v) is 7.02. The first-order valence-electron chi connectivity index (χ1n) is 9.03. The predicted octanol–water partition coefficient (Wildman–Crippen LogP) is 3.70. The molecule has 1 fully saturated rings. The zero-order chi connectivity index (χ0) is 20.3. The van der Waals surface area contributed by atoms with E-state index in [-0.39, 0.29) is 23.1 Å². The van der Waals surface area contributed by atoms with Crippen LogP contribution in [-0.2, 0) is 14.8 Å². The lowest BCUT2D eigenvalue weighted by Gasteiger charge is -2.31. The normalized spacial score (nSPS) is 17.9. The van der Waals surface area contributed by atoms with Crippen molar-refractivity contribution in [2.75, 3.05) is 25.5 Å². The van der Waals surface area contributed by atoms with E-state index >= 15 is 0 Å². The van der Waals surface area contributed by atoms with E-state index in [0.717, 1.165) is 11.3 Å². The molecule has 1 aliphatic heterocycles. The van der Waals surface area contributed by atoms with Crippen LogP contribution in [0.4, 0.5) is 5.69 Å². The number of piperidine rings is 1. The number of para-hydroxylation sites is 1. The summed E-state index contributed by atoms with van der Waals surface area (Å²) in [6.07, 6.45) is 1.24. The van der Waals surface area contributed by atoms with Gasteiger partial charge in [0.15, 0.2) is 0 Å². The van der Waals surface area contributed by atoms with Gasteiger partial charge in [0.2, 0.25) is 15.9 Å². The van der Waals surface area contributed by atoms with Gasteiger partial charge in [-0.15, -0.1) is 0 Å². The number of rotatable bonds is 5. The molecule has 0 radical (unpaired) electrons. The van der Waals surface area contributed by atoms with Crippen molar-refractivity contribution in [2.24, 2.45) is 5.92 Å². The van der Waals surface area contributed by atoms with Gasteiger partial charge in [0.25, 0.3) is 0 Å². The Kier molecular flexibility index (Phi) is 6.27. The lowest BCUT2D eigenvalue weighted by molar-refractivity contribution is -0.120. The summed E-state index contributed by atoms with van der Waals surface area (Å²) < 4.78 is 32.9. The molecule has 1 amide bonds. The number of ether oxygens (including phenoxy) is 1. The fourth-order valence-electron chi connectivity index (χ4n) is 3.31. The number of hydrogen-bond donors (Lipinski definition) is 1. The van der Waals surface area contributed by atoms with Crippen LogP contribution >= 0.6 is 11.6 Å². The maximum Gasteiger partial charge on any atom is 0.246 e. The van der Waals surface area contributed by atoms with Gasteiger partial charge in [-0.3, -0.25) is 4.79 Å². The second kappa shape index (κ2) is 8.51. The Bertz CT molecular complexity index is 978. The smallest absolute Gasteiger partial charge is 0.246 e. The van der Waals surface area contributed by atoms with Gasteiger partial charge in [0.05, 0.1) is 13.0 Å². The molecular weight excluding hydrogens is 400 g/mol. The molecule has 1 N–H and O–H groups in total. The summed E-state index contributed by atoms with van der Waals surface area (Å²) in [7, 11) is -2.42. The molecule has 6 nitrogen and oxygen atoms in total. The Morgan fingerprint density at radius 2 is 2.00 bits per heavy atom. The molecule has 0 bridgehead atoms. The van der Waals surface area contributed by atoms with E-state index in [1.165, 1.54) is 23.5 Å². The quantitative estimate of drug-likeness (QED) is 0.797. The fourth-order valence-corrected chi connectivity index (χ4v) is 5.26. The van der Waals surface area contributed by atoms with Crippen LogP contribution in [0.25, 0.3) is 0 Å². The van der Waals surface area contributed by atoms with E-state index in [4.69, 9.17) is 16.3 Å². The molecule has 2 aromatic rings. The number of benzene rings is 2. The maximum atomic E-state index is 13.2. The molecule has 0 aromatic heterocycles. The summed E-state index contributed by atoms with van der Waals surface area (Å²) in [6, 6.07) is 12.0. The average Bonchev–Trinajstić information content (AvgIpc) is 2.69. The first-order chi connectivity index (χ1) is 13.3. The van der Waals surface area contributed by atoms with Gasteiger partial charge in [-0.1, -0.05) is 29.8 Å². The van der Waals surface area contributed by atoms with Crippen molar-refractivity contribution in [2.45, 2.75) is 24.7 Å². The van der Waals surface area contributed by atoms with Crippen LogP contribution in [0.2, 0.25) is 5.02 Å². The third-order valence-electron chi connectivity index (χ3n) is 4.90. The molecule has 0 spiro atoms. The molecule has 0 aliphatic carbocycles. The first kappa shape index (κ1) is 20.6. The fraction of sp³-hybridized carbons (Fsp3) is 0.350. The van der Waals surface area contributed by atoms with E-state index in [0.29, 0.717) is 24.4 Å². The number of amides is 1. The van der Waals surface area contributed by atoms with Gasteiger partial charge in [-0.05, 0) is 49.6 Å². The molecule has 0 unspecified atom stereocenters. The summed E-state index contributed by atoms with van der Waals surface area (Å²) in [5, 5.41) is 3.23. The van der Waals surface area contributed by atoms with Gasteiger partial charge < -0.3 is 10.1 Å². The summed E-state index contributed by atoms with van der Waals surface area (Å²) in [4.78, 5) is 12.7. The molecule has 150 valence electrons. The Morgan fingerprint density at radius 3 is 2.71 bits per heavy atom. The monoisotopic (exact) mass is 422 g/mol. The molecule has 3 rings (SSSR count). The zero-order valence-electron chi connectivity index (χ0n) is 15.8. The van der Waals surface area contributed by atoms with Crippen molar-refractivity contribution >= 4 is 33.2 Å². The third kappa shape index (κ3) is 4.32. The number of halogens is 1. The number of aryl methyl sites for hydroxylation is 1. The van der Waals surface area contributed by atoms with E-state index < -0.39 is 15.9 Å². The van der Waals surface area contributed by atoms with Crippen molar-refractivity contribution in [1.82, 2.24) is 4.31 Å². The number of carbonyl (C=O) groups is 1. The van der Waals surface area contributed by atoms with E-state index in [1.807, 2.05) is 31.2 Å². The zero-order valence-corrected chi connectivity index (χ0v) is 17.4. The van der Waals surface area contributed by atoms with Crippen LogP contribution in [0, 0.1) is 12.8 Å². The average molecular weight is 423 g/mol. The molecule has 0 saturated carbocycles. The summed E-state index contributed by atoms with van der Waals surface area (Å²) >= 11 is 6.00. The minimum Gasteiger partial charge on any atom is -0.495 e. The summed E-state index contributed by atoms with van der Waals surface area (Å²) in [5.74, 6) is -0.364. The molecule has 1 saturated heterocycles. The Morgan fingerprint density at radius 1 is 1.25 bits per heavy atom. The first-order valence-corrected chi connectivity index (χ1v) is 10.8. The van der Waals surface area contributed by atoms with Gasteiger partial charge in [-0.25, -0.2) is 8.42 Å². The minimum absolute atomic E-state index is 0.0162. The number of anilines is 1. The predicted molar refractivity (Wildman–Crippen MR) is 109 cm³/mol. The number of methoxy groups -OCH3 is 1. The molecule has 2 aromatic carbocycles. The molecule has 28 heavy (non-hydrogen) atoms. The number of nitrogens with zero attached hydrogens (tertiary/aromatic N) is 1. The number of hydrogen-bond acceptors (Lipinski definition) is 4. The van der Waals surface area contributed by atoms with Crippen LogP contribution in [-0.4, -0.2) is 38.8 Å². The van der Waals surface area contributed by atoms with Crippen LogP contribution in [0.1, 0.15) is 18.4 Å². The lowest BCUT2D eigenvalue weighted by Crippen LogP contribution is -2.43. The topological polar surface area (TPSA) is 75.7 Å². The number of carbonyl (C=O) groups excluding carboxylic acids is 1. The highest BCUT2D eigenvalue weighted by Gasteiger charge is 2.35. The van der Waals surface area contributed by atoms with Crippen molar-refractivity contribution in [1.29, 1.82) is 0 Å². The summed E-state index contributed by atoms with van der Waals surface area (Å²) in [5.41, 5.74) is 1.70. The second-order valence-corrected chi connectivity index (χ2v) is 9.14. The van der Waals surface area contributed by atoms with E-state index in [1.54, 1.807) is 6.07 Å². The number of sulfonamides is 1. The molecular formula is C20H23ClN2O4S. The standard InChI is InChI=1S/C20H23ClN2O4S/c1-14-6-3-4-8-17(14)22-20(24)15-7-5-11-23(13-15)28(25,26)19-12-16(21)9-10-18(19)27-2/h3-4,6,8-10,12,15H,5,7,11,13H2,1-2H3,(H,22,24)/t15-/m0/s1. The van der Waals surface area contributed by atoms with Crippen LogP contribution in [0.15, 0.2) is 47.4 Å². The van der Waals surface area contributed by atoms with Gasteiger partial charge >= 0.3 is 0 Å². The number of nitrogens with one attached hydrogen (secondary N) is 1. The Labute approximate surface area is 170 Å². The van der Waals surface area contributed by atoms with Crippen molar-refractivity contribution in [3.63, 3.8) is 0 Å². The Hall–Kier alpha value is -2.09. The van der Waals surface area contributed by atoms with Gasteiger partial charge in [-0.2, -0.15) is 4.31 Å². The van der Waals surface area contributed by atoms with E-state index in [9.17, 15) is 13.2 Å². The molecule has 1 heterocycles. The van der Waals surface area contributed by atoms with Crippen LogP contribution < -0.4 is 10.1 Å². The maximum absolute atomic E-state index is 13.2. The van der Waals surface area contributed by atoms with Crippen molar-refractivity contribution < 1.29 is 17.9 Å². The lowest BCUT2D eigenvalue weighted by atomic mass is 9.98. The highest BCUT2D eigenvalue weighted by atomic mass is 35.5. The molecule has 1 atom stereocenters. The highest BCUT2D eigenvalue weighted by molar-refractivity contribution is 7.89. The van der Waals surface area contributed by atoms with Gasteiger partial charge in [0.1, 0.15) is 10.6 Å². The van der Waals surface area contributed by atoms with E-state index in [2.05, 4.69) is 5.32 Å². The van der Waals surface area contributed by atoms with Crippen LogP contribution in [0.3, 0.4) is 0 Å². The second-order valence-electron chi connectivity index (χ2n) is 6.80. The SMILES string of the molecule is COc1ccc(Cl)cc1S(=O)(=O)N1CCC[C@H](C(=O)Nc2ccccc2C)C1. The summed E-state index contributed by atoms with van der Waals surface area (Å²) in [6.45, 7) is 2.39. The molecule has 8 heteroatoms.